The van der Waals surface area contributed by atoms with E-state index in [1.54, 1.807) is 11.3 Å². The van der Waals surface area contributed by atoms with Gasteiger partial charge in [0.15, 0.2) is 0 Å². The number of hydrogen-bond donors (Lipinski definition) is 1. The lowest BCUT2D eigenvalue weighted by molar-refractivity contribution is 0.776. The third-order valence-corrected chi connectivity index (χ3v) is 3.14. The average Bonchev–Trinajstić information content (AvgIpc) is 2.34. The third-order valence-electron chi connectivity index (χ3n) is 1.50. The van der Waals surface area contributed by atoms with Crippen LogP contribution in [0.3, 0.4) is 0 Å². The maximum atomic E-state index is 5.98. The lowest BCUT2D eigenvalue weighted by Gasteiger charge is -1.96. The minimum absolute atomic E-state index is 0.470. The molecular weight excluding hydrogens is 192 g/mol. The second-order valence-electron chi connectivity index (χ2n) is 2.96. The molecule has 1 N–H and O–H groups in total. The first-order valence-corrected chi connectivity index (χ1v) is 5.14. The molecule has 4 heteroatoms. The molecule has 0 unspecified atom stereocenters. The molecule has 0 saturated carbocycles. The first-order chi connectivity index (χ1) is 5.65. The molecule has 0 amide bonds. The molecule has 0 radical (unpaired) electrons. The van der Waals surface area contributed by atoms with Crippen molar-refractivity contribution in [3.63, 3.8) is 0 Å². The largest absolute Gasteiger partial charge is 0.314 e. The molecular formula is C8H13ClN2S. The lowest BCUT2D eigenvalue weighted by atomic mass is 10.2. The van der Waals surface area contributed by atoms with E-state index in [-0.39, 0.29) is 0 Å². The van der Waals surface area contributed by atoms with Gasteiger partial charge in [0, 0.05) is 12.5 Å². The van der Waals surface area contributed by atoms with Gasteiger partial charge in [-0.25, -0.2) is 4.98 Å². The highest BCUT2D eigenvalue weighted by molar-refractivity contribution is 7.16. The van der Waals surface area contributed by atoms with Gasteiger partial charge in [-0.3, -0.25) is 0 Å². The van der Waals surface area contributed by atoms with Crippen LogP contribution in [0.2, 0.25) is 4.34 Å². The van der Waals surface area contributed by atoms with Crippen LogP contribution in [0.5, 0.6) is 0 Å². The maximum Gasteiger partial charge on any atom is 0.117 e. The predicted octanol–water partition coefficient (Wildman–Crippen LogP) is 2.64. The zero-order valence-electron chi connectivity index (χ0n) is 7.52. The molecule has 0 aliphatic carbocycles. The monoisotopic (exact) mass is 204 g/mol. The number of hydrogen-bond acceptors (Lipinski definition) is 3. The first-order valence-electron chi connectivity index (χ1n) is 3.94. The minimum atomic E-state index is 0.470. The summed E-state index contributed by atoms with van der Waals surface area (Å²) in [7, 11) is 1.89. The van der Waals surface area contributed by atoms with Crippen LogP contribution in [-0.2, 0) is 6.54 Å². The van der Waals surface area contributed by atoms with Crippen molar-refractivity contribution in [3.05, 3.63) is 15.0 Å². The molecule has 1 rings (SSSR count). The molecule has 0 aliphatic heterocycles. The molecule has 2 nitrogen and oxygen atoms in total. The Hall–Kier alpha value is -0.120. The fourth-order valence-electron chi connectivity index (χ4n) is 0.874. The summed E-state index contributed by atoms with van der Waals surface area (Å²) in [6, 6.07) is 0. The van der Waals surface area contributed by atoms with Gasteiger partial charge in [0.2, 0.25) is 0 Å². The zero-order valence-corrected chi connectivity index (χ0v) is 9.09. The van der Waals surface area contributed by atoms with Gasteiger partial charge >= 0.3 is 0 Å². The Morgan fingerprint density at radius 3 is 2.67 bits per heavy atom. The van der Waals surface area contributed by atoms with E-state index in [1.807, 2.05) is 7.05 Å². The van der Waals surface area contributed by atoms with Gasteiger partial charge in [-0.2, -0.15) is 0 Å². The molecule has 0 atom stereocenters. The molecule has 1 aromatic rings. The molecule has 68 valence electrons. The van der Waals surface area contributed by atoms with Crippen molar-refractivity contribution in [1.82, 2.24) is 10.3 Å². The highest BCUT2D eigenvalue weighted by atomic mass is 35.5. The Morgan fingerprint density at radius 2 is 2.25 bits per heavy atom. The third kappa shape index (κ3) is 2.19. The second kappa shape index (κ2) is 4.21. The van der Waals surface area contributed by atoms with Crippen LogP contribution in [0, 0.1) is 0 Å². The summed E-state index contributed by atoms with van der Waals surface area (Å²) in [6.45, 7) is 5.00. The Kier molecular flexibility index (Phi) is 3.50. The van der Waals surface area contributed by atoms with Crippen LogP contribution < -0.4 is 5.32 Å². The number of rotatable bonds is 3. The predicted molar refractivity (Wildman–Crippen MR) is 54.0 cm³/mol. The van der Waals surface area contributed by atoms with Gasteiger partial charge in [0.05, 0.1) is 10.7 Å². The molecule has 12 heavy (non-hydrogen) atoms. The average molecular weight is 205 g/mol. The van der Waals surface area contributed by atoms with Crippen LogP contribution >= 0.6 is 22.9 Å². The van der Waals surface area contributed by atoms with Crippen molar-refractivity contribution in [2.45, 2.75) is 26.3 Å². The molecule has 0 bridgehead atoms. The highest BCUT2D eigenvalue weighted by Crippen LogP contribution is 2.28. The molecule has 0 fully saturated rings. The van der Waals surface area contributed by atoms with E-state index in [9.17, 15) is 0 Å². The highest BCUT2D eigenvalue weighted by Gasteiger charge is 2.10. The van der Waals surface area contributed by atoms with Crippen molar-refractivity contribution in [1.29, 1.82) is 0 Å². The van der Waals surface area contributed by atoms with E-state index in [0.29, 0.717) is 5.92 Å². The summed E-state index contributed by atoms with van der Waals surface area (Å²) in [6.07, 6.45) is 0. The molecule has 0 spiro atoms. The molecule has 0 aromatic carbocycles. The van der Waals surface area contributed by atoms with Gasteiger partial charge in [-0.15, -0.1) is 11.3 Å². The number of aromatic nitrogens is 1. The van der Waals surface area contributed by atoms with Crippen molar-refractivity contribution in [3.8, 4) is 0 Å². The maximum absolute atomic E-state index is 5.98. The van der Waals surface area contributed by atoms with Crippen molar-refractivity contribution in [2.24, 2.45) is 0 Å². The zero-order chi connectivity index (χ0) is 9.14. The fraction of sp³-hybridized carbons (Fsp3) is 0.625. The normalized spacial score (nSPS) is 11.1. The van der Waals surface area contributed by atoms with Crippen LogP contribution in [0.15, 0.2) is 0 Å². The van der Waals surface area contributed by atoms with Gasteiger partial charge in [-0.05, 0) is 7.05 Å². The van der Waals surface area contributed by atoms with Gasteiger partial charge in [0.25, 0.3) is 0 Å². The van der Waals surface area contributed by atoms with Crippen LogP contribution in [0.4, 0.5) is 0 Å². The number of nitrogens with one attached hydrogen (secondary N) is 1. The van der Waals surface area contributed by atoms with Crippen molar-refractivity contribution in [2.75, 3.05) is 7.05 Å². The molecule has 0 saturated heterocycles. The molecule has 0 aliphatic rings. The SMILES string of the molecule is CNCc1nc(C(C)C)sc1Cl. The summed E-state index contributed by atoms with van der Waals surface area (Å²) < 4.78 is 0.813. The smallest absolute Gasteiger partial charge is 0.117 e. The number of thiazole rings is 1. The fourth-order valence-corrected chi connectivity index (χ4v) is 2.03. The van der Waals surface area contributed by atoms with E-state index in [1.165, 1.54) is 0 Å². The van der Waals surface area contributed by atoms with Gasteiger partial charge in [0.1, 0.15) is 4.34 Å². The Balaban J connectivity index is 2.85. The summed E-state index contributed by atoms with van der Waals surface area (Å²) in [4.78, 5) is 4.42. The topological polar surface area (TPSA) is 24.9 Å². The summed E-state index contributed by atoms with van der Waals surface area (Å²) in [5.41, 5.74) is 0.966. The van der Waals surface area contributed by atoms with Gasteiger partial charge in [-0.1, -0.05) is 25.4 Å². The molecule has 1 heterocycles. The Bertz CT molecular complexity index is 258. The van der Waals surface area contributed by atoms with Crippen LogP contribution in [0.25, 0.3) is 0 Å². The first kappa shape index (κ1) is 9.96. The summed E-state index contributed by atoms with van der Waals surface area (Å²) in [5.74, 6) is 0.470. The van der Waals surface area contributed by atoms with E-state index in [4.69, 9.17) is 11.6 Å². The Labute approximate surface area is 82.0 Å². The van der Waals surface area contributed by atoms with Crippen LogP contribution in [0.1, 0.15) is 30.5 Å². The summed E-state index contributed by atoms with van der Waals surface area (Å²) >= 11 is 7.56. The lowest BCUT2D eigenvalue weighted by Crippen LogP contribution is -2.05. The van der Waals surface area contributed by atoms with E-state index < -0.39 is 0 Å². The quantitative estimate of drug-likeness (QED) is 0.819. The summed E-state index contributed by atoms with van der Waals surface area (Å²) in [5, 5.41) is 4.15. The number of nitrogens with zero attached hydrogens (tertiary/aromatic N) is 1. The van der Waals surface area contributed by atoms with Crippen LogP contribution in [-0.4, -0.2) is 12.0 Å². The van der Waals surface area contributed by atoms with E-state index in [0.717, 1.165) is 21.6 Å². The second-order valence-corrected chi connectivity index (χ2v) is 4.59. The number of halogens is 1. The van der Waals surface area contributed by atoms with E-state index in [2.05, 4.69) is 24.1 Å². The van der Waals surface area contributed by atoms with E-state index >= 15 is 0 Å². The minimum Gasteiger partial charge on any atom is -0.314 e. The van der Waals surface area contributed by atoms with Crippen molar-refractivity contribution >= 4 is 22.9 Å². The Morgan fingerprint density at radius 1 is 1.58 bits per heavy atom. The van der Waals surface area contributed by atoms with Crippen molar-refractivity contribution < 1.29 is 0 Å². The standard InChI is InChI=1S/C8H13ClN2S/c1-5(2)8-11-6(4-10-3)7(9)12-8/h5,10H,4H2,1-3H3. The molecule has 1 aromatic heterocycles. The van der Waals surface area contributed by atoms with Gasteiger partial charge < -0.3 is 5.32 Å².